The van der Waals surface area contributed by atoms with Gasteiger partial charge >= 0.3 is 11.9 Å². The molecule has 0 aliphatic rings. The van der Waals surface area contributed by atoms with Gasteiger partial charge < -0.3 is 10.2 Å². The third-order valence-corrected chi connectivity index (χ3v) is 3.02. The van der Waals surface area contributed by atoms with E-state index < -0.39 is 11.9 Å². The molecule has 0 unspecified atom stereocenters. The number of hydrogen-bond donors (Lipinski definition) is 2. The van der Waals surface area contributed by atoms with Crippen LogP contribution in [0.1, 0.15) is 71.1 Å². The number of carboxylic acid groups (broad SMARTS) is 2. The Bertz CT molecular complexity index is 295. The summed E-state index contributed by atoms with van der Waals surface area (Å²) in [7, 11) is 0. The fraction of sp³-hybridized carbons (Fsp3) is 0.733. The van der Waals surface area contributed by atoms with Gasteiger partial charge in [0, 0.05) is 12.8 Å². The van der Waals surface area contributed by atoms with Crippen LogP contribution in [0.5, 0.6) is 0 Å². The van der Waals surface area contributed by atoms with Gasteiger partial charge in [0.2, 0.25) is 0 Å². The van der Waals surface area contributed by atoms with Crippen LogP contribution in [0, 0.1) is 0 Å². The quantitative estimate of drug-likeness (QED) is 0.415. The molecule has 0 amide bonds. The number of allylic oxidation sites excluding steroid dienone is 2. The van der Waals surface area contributed by atoms with E-state index >= 15 is 0 Å². The highest BCUT2D eigenvalue weighted by Gasteiger charge is 2.03. The van der Waals surface area contributed by atoms with E-state index in [1.807, 2.05) is 0 Å². The van der Waals surface area contributed by atoms with Crippen LogP contribution in [0.2, 0.25) is 0 Å². The molecule has 19 heavy (non-hydrogen) atoms. The largest absolute Gasteiger partial charge is 0.481 e. The SMILES string of the molecule is CCCCC=C(CCCCC(=O)O)CCCC(=O)O. The number of rotatable bonds is 12. The summed E-state index contributed by atoms with van der Waals surface area (Å²) in [5, 5.41) is 17.2. The number of unbranched alkanes of at least 4 members (excludes halogenated alkanes) is 3. The van der Waals surface area contributed by atoms with E-state index in [0.717, 1.165) is 38.5 Å². The zero-order valence-electron chi connectivity index (χ0n) is 11.9. The smallest absolute Gasteiger partial charge is 0.303 e. The molecule has 0 rings (SSSR count). The minimum atomic E-state index is -0.751. The molecule has 4 heteroatoms. The molecule has 0 saturated carbocycles. The van der Waals surface area contributed by atoms with Gasteiger partial charge in [-0.15, -0.1) is 0 Å². The fourth-order valence-corrected chi connectivity index (χ4v) is 1.93. The molecule has 0 aliphatic carbocycles. The Hall–Kier alpha value is -1.32. The summed E-state index contributed by atoms with van der Waals surface area (Å²) >= 11 is 0. The van der Waals surface area contributed by atoms with E-state index in [2.05, 4.69) is 13.0 Å². The van der Waals surface area contributed by atoms with Gasteiger partial charge in [-0.1, -0.05) is 31.4 Å². The van der Waals surface area contributed by atoms with Crippen molar-refractivity contribution in [2.45, 2.75) is 71.1 Å². The van der Waals surface area contributed by atoms with Gasteiger partial charge in [0.05, 0.1) is 0 Å². The molecule has 2 N–H and O–H groups in total. The van der Waals surface area contributed by atoms with Gasteiger partial charge in [-0.05, 0) is 38.5 Å². The topological polar surface area (TPSA) is 74.6 Å². The molecule has 0 aromatic heterocycles. The highest BCUT2D eigenvalue weighted by molar-refractivity contribution is 5.66. The van der Waals surface area contributed by atoms with Gasteiger partial charge in [-0.2, -0.15) is 0 Å². The van der Waals surface area contributed by atoms with E-state index in [-0.39, 0.29) is 12.8 Å². The van der Waals surface area contributed by atoms with Crippen molar-refractivity contribution in [1.29, 1.82) is 0 Å². The van der Waals surface area contributed by atoms with Crippen molar-refractivity contribution < 1.29 is 19.8 Å². The van der Waals surface area contributed by atoms with E-state index in [0.29, 0.717) is 12.8 Å². The summed E-state index contributed by atoms with van der Waals surface area (Å²) in [5.41, 5.74) is 1.29. The van der Waals surface area contributed by atoms with Crippen molar-refractivity contribution >= 4 is 11.9 Å². The maximum absolute atomic E-state index is 10.5. The minimum Gasteiger partial charge on any atom is -0.481 e. The molecule has 0 spiro atoms. The number of carbonyl (C=O) groups is 2. The second kappa shape index (κ2) is 11.8. The molecule has 0 heterocycles. The second-order valence-electron chi connectivity index (χ2n) is 4.85. The molecular formula is C15H26O4. The van der Waals surface area contributed by atoms with Crippen LogP contribution in [0.15, 0.2) is 11.6 Å². The molecule has 0 aromatic rings. The second-order valence-corrected chi connectivity index (χ2v) is 4.85. The lowest BCUT2D eigenvalue weighted by atomic mass is 10.00. The highest BCUT2D eigenvalue weighted by atomic mass is 16.4. The Morgan fingerprint density at radius 1 is 0.842 bits per heavy atom. The van der Waals surface area contributed by atoms with Gasteiger partial charge in [0.1, 0.15) is 0 Å². The average Bonchev–Trinajstić information content (AvgIpc) is 2.33. The zero-order chi connectivity index (χ0) is 14.5. The summed E-state index contributed by atoms with van der Waals surface area (Å²) in [6, 6.07) is 0. The minimum absolute atomic E-state index is 0.209. The van der Waals surface area contributed by atoms with Crippen molar-refractivity contribution in [3.05, 3.63) is 11.6 Å². The molecule has 0 bridgehead atoms. The Labute approximate surface area is 115 Å². The summed E-state index contributed by atoms with van der Waals surface area (Å²) in [5.74, 6) is -1.50. The van der Waals surface area contributed by atoms with Gasteiger partial charge in [-0.25, -0.2) is 0 Å². The third kappa shape index (κ3) is 12.9. The summed E-state index contributed by atoms with van der Waals surface area (Å²) in [4.78, 5) is 20.9. The van der Waals surface area contributed by atoms with Crippen LogP contribution in [0.4, 0.5) is 0 Å². The highest BCUT2D eigenvalue weighted by Crippen LogP contribution is 2.17. The van der Waals surface area contributed by atoms with Crippen molar-refractivity contribution in [3.8, 4) is 0 Å². The van der Waals surface area contributed by atoms with Gasteiger partial charge in [0.15, 0.2) is 0 Å². The van der Waals surface area contributed by atoms with Crippen LogP contribution in [0.25, 0.3) is 0 Å². The lowest BCUT2D eigenvalue weighted by molar-refractivity contribution is -0.138. The van der Waals surface area contributed by atoms with Crippen LogP contribution in [-0.4, -0.2) is 22.2 Å². The van der Waals surface area contributed by atoms with E-state index in [4.69, 9.17) is 10.2 Å². The molecular weight excluding hydrogens is 244 g/mol. The van der Waals surface area contributed by atoms with Crippen molar-refractivity contribution in [1.82, 2.24) is 0 Å². The Morgan fingerprint density at radius 3 is 1.95 bits per heavy atom. The average molecular weight is 270 g/mol. The van der Waals surface area contributed by atoms with Crippen molar-refractivity contribution in [2.24, 2.45) is 0 Å². The fourth-order valence-electron chi connectivity index (χ4n) is 1.93. The maximum atomic E-state index is 10.5. The van der Waals surface area contributed by atoms with Crippen LogP contribution in [0.3, 0.4) is 0 Å². The van der Waals surface area contributed by atoms with Gasteiger partial charge in [0.25, 0.3) is 0 Å². The Kier molecular flexibility index (Phi) is 10.9. The number of carboxylic acids is 2. The maximum Gasteiger partial charge on any atom is 0.303 e. The molecule has 0 saturated heterocycles. The summed E-state index contributed by atoms with van der Waals surface area (Å²) < 4.78 is 0. The Morgan fingerprint density at radius 2 is 1.37 bits per heavy atom. The summed E-state index contributed by atoms with van der Waals surface area (Å²) in [6.45, 7) is 2.14. The molecule has 0 radical (unpaired) electrons. The normalized spacial score (nSPS) is 11.5. The standard InChI is InChI=1S/C15H26O4/c1-2-3-4-8-13(10-7-12-15(18)19)9-5-6-11-14(16)17/h8H,2-7,9-12H2,1H3,(H,16,17)(H,18,19). The first kappa shape index (κ1) is 17.7. The van der Waals surface area contributed by atoms with Gasteiger partial charge in [-0.3, -0.25) is 9.59 Å². The molecule has 0 aromatic carbocycles. The Balaban J connectivity index is 3.98. The van der Waals surface area contributed by atoms with E-state index in [1.54, 1.807) is 0 Å². The zero-order valence-corrected chi connectivity index (χ0v) is 11.9. The third-order valence-electron chi connectivity index (χ3n) is 3.02. The lowest BCUT2D eigenvalue weighted by Crippen LogP contribution is -1.96. The van der Waals surface area contributed by atoms with E-state index in [9.17, 15) is 9.59 Å². The van der Waals surface area contributed by atoms with Crippen molar-refractivity contribution in [2.75, 3.05) is 0 Å². The number of aliphatic carboxylic acids is 2. The first-order chi connectivity index (χ1) is 9.06. The van der Waals surface area contributed by atoms with E-state index in [1.165, 1.54) is 5.57 Å². The molecule has 0 aliphatic heterocycles. The monoisotopic (exact) mass is 270 g/mol. The summed E-state index contributed by atoms with van der Waals surface area (Å²) in [6.07, 6.45) is 9.94. The molecule has 0 fully saturated rings. The van der Waals surface area contributed by atoms with Crippen molar-refractivity contribution in [3.63, 3.8) is 0 Å². The van der Waals surface area contributed by atoms with Crippen LogP contribution < -0.4 is 0 Å². The first-order valence-electron chi connectivity index (χ1n) is 7.17. The number of hydrogen-bond acceptors (Lipinski definition) is 2. The molecule has 110 valence electrons. The van der Waals surface area contributed by atoms with Crippen LogP contribution >= 0.6 is 0 Å². The molecule has 4 nitrogen and oxygen atoms in total. The predicted octanol–water partition coefficient (Wildman–Crippen LogP) is 4.00. The lowest BCUT2D eigenvalue weighted by Gasteiger charge is -2.07. The first-order valence-corrected chi connectivity index (χ1v) is 7.17. The molecule has 0 atom stereocenters. The predicted molar refractivity (Wildman–Crippen MR) is 75.2 cm³/mol. The van der Waals surface area contributed by atoms with Crippen LogP contribution in [-0.2, 0) is 9.59 Å².